The van der Waals surface area contributed by atoms with Crippen LogP contribution < -0.4 is 0 Å². The predicted octanol–water partition coefficient (Wildman–Crippen LogP) is 2.64. The third-order valence-corrected chi connectivity index (χ3v) is 4.87. The standard InChI is InChI=1S/C16H24N2O3S/c1-4-14-17-13(10-22-14)9-21-16(20)12-6-5-7-18(8-12)15(19)11(2)3/h10-12H,4-9H2,1-3H3/t12-/m1/s1. The molecule has 0 unspecified atom stereocenters. The van der Waals surface area contributed by atoms with Gasteiger partial charge in [0.1, 0.15) is 6.61 Å². The number of amides is 1. The zero-order valence-electron chi connectivity index (χ0n) is 13.5. The smallest absolute Gasteiger partial charge is 0.311 e. The second-order valence-electron chi connectivity index (χ2n) is 5.97. The van der Waals surface area contributed by atoms with Crippen molar-refractivity contribution >= 4 is 23.2 Å². The van der Waals surface area contributed by atoms with Crippen molar-refractivity contribution in [2.24, 2.45) is 11.8 Å². The van der Waals surface area contributed by atoms with Crippen LogP contribution in [0, 0.1) is 11.8 Å². The van der Waals surface area contributed by atoms with Gasteiger partial charge < -0.3 is 9.64 Å². The van der Waals surface area contributed by atoms with Gasteiger partial charge in [-0.05, 0) is 19.3 Å². The molecule has 0 spiro atoms. The minimum absolute atomic E-state index is 0.0303. The number of rotatable bonds is 5. The van der Waals surface area contributed by atoms with E-state index in [1.165, 1.54) is 0 Å². The van der Waals surface area contributed by atoms with E-state index in [-0.39, 0.29) is 30.3 Å². The molecule has 2 rings (SSSR count). The summed E-state index contributed by atoms with van der Waals surface area (Å²) in [6.45, 7) is 7.27. The van der Waals surface area contributed by atoms with Crippen molar-refractivity contribution in [2.45, 2.75) is 46.6 Å². The minimum Gasteiger partial charge on any atom is -0.459 e. The van der Waals surface area contributed by atoms with Crippen LogP contribution >= 0.6 is 11.3 Å². The molecular formula is C16H24N2O3S. The SMILES string of the molecule is CCc1nc(COC(=O)[C@@H]2CCCN(C(=O)C(C)C)C2)cs1. The van der Waals surface area contributed by atoms with Gasteiger partial charge in [0.2, 0.25) is 5.91 Å². The molecule has 1 aromatic heterocycles. The summed E-state index contributed by atoms with van der Waals surface area (Å²) in [6, 6.07) is 0. The first-order valence-corrected chi connectivity index (χ1v) is 8.78. The van der Waals surface area contributed by atoms with Crippen molar-refractivity contribution in [3.8, 4) is 0 Å². The fourth-order valence-electron chi connectivity index (χ4n) is 2.58. The van der Waals surface area contributed by atoms with Crippen molar-refractivity contribution in [1.82, 2.24) is 9.88 Å². The van der Waals surface area contributed by atoms with Crippen LogP contribution in [0.1, 0.15) is 44.3 Å². The molecule has 1 aliphatic rings. The maximum Gasteiger partial charge on any atom is 0.311 e. The number of esters is 1. The van der Waals surface area contributed by atoms with Gasteiger partial charge in [-0.1, -0.05) is 20.8 Å². The molecule has 1 saturated heterocycles. The minimum atomic E-state index is -0.215. The van der Waals surface area contributed by atoms with Gasteiger partial charge in [-0.2, -0.15) is 0 Å². The highest BCUT2D eigenvalue weighted by Crippen LogP contribution is 2.20. The molecule has 2 heterocycles. The average molecular weight is 324 g/mol. The summed E-state index contributed by atoms with van der Waals surface area (Å²) in [7, 11) is 0. The maximum atomic E-state index is 12.2. The Hall–Kier alpha value is -1.43. The molecule has 22 heavy (non-hydrogen) atoms. The number of carbonyl (C=O) groups is 2. The number of aryl methyl sites for hydroxylation is 1. The van der Waals surface area contributed by atoms with E-state index in [4.69, 9.17) is 4.74 Å². The van der Waals surface area contributed by atoms with E-state index in [1.54, 1.807) is 16.2 Å². The Balaban J connectivity index is 1.85. The molecule has 1 aromatic rings. The van der Waals surface area contributed by atoms with Crippen molar-refractivity contribution < 1.29 is 14.3 Å². The third kappa shape index (κ3) is 4.29. The lowest BCUT2D eigenvalue weighted by Crippen LogP contribution is -2.44. The Kier molecular flexibility index (Phi) is 5.94. The Morgan fingerprint density at radius 3 is 2.91 bits per heavy atom. The summed E-state index contributed by atoms with van der Waals surface area (Å²) in [4.78, 5) is 30.4. The summed E-state index contributed by atoms with van der Waals surface area (Å²) in [5.74, 6) is -0.338. The molecule has 1 aliphatic heterocycles. The molecule has 5 nitrogen and oxygen atoms in total. The quantitative estimate of drug-likeness (QED) is 0.781. The third-order valence-electron chi connectivity index (χ3n) is 3.82. The van der Waals surface area contributed by atoms with Crippen LogP contribution in [0.2, 0.25) is 0 Å². The lowest BCUT2D eigenvalue weighted by atomic mass is 9.97. The van der Waals surface area contributed by atoms with Crippen LogP contribution in [-0.2, 0) is 27.4 Å². The van der Waals surface area contributed by atoms with Crippen molar-refractivity contribution in [3.05, 3.63) is 16.1 Å². The number of ether oxygens (including phenoxy) is 1. The predicted molar refractivity (Wildman–Crippen MR) is 85.4 cm³/mol. The Labute approximate surface area is 135 Å². The number of nitrogens with zero attached hydrogens (tertiary/aromatic N) is 2. The zero-order chi connectivity index (χ0) is 16.1. The molecule has 0 saturated carbocycles. The number of thiazole rings is 1. The molecule has 1 fully saturated rings. The fraction of sp³-hybridized carbons (Fsp3) is 0.688. The number of piperidine rings is 1. The summed E-state index contributed by atoms with van der Waals surface area (Å²) >= 11 is 1.59. The average Bonchev–Trinajstić information content (AvgIpc) is 3.00. The Morgan fingerprint density at radius 2 is 2.27 bits per heavy atom. The first-order chi connectivity index (χ1) is 10.5. The van der Waals surface area contributed by atoms with Crippen LogP contribution in [0.25, 0.3) is 0 Å². The van der Waals surface area contributed by atoms with Crippen LogP contribution in [0.15, 0.2) is 5.38 Å². The normalized spacial score (nSPS) is 18.5. The van der Waals surface area contributed by atoms with E-state index in [1.807, 2.05) is 19.2 Å². The Morgan fingerprint density at radius 1 is 1.50 bits per heavy atom. The van der Waals surface area contributed by atoms with E-state index in [0.717, 1.165) is 36.5 Å². The van der Waals surface area contributed by atoms with Crippen molar-refractivity contribution in [3.63, 3.8) is 0 Å². The van der Waals surface area contributed by atoms with Gasteiger partial charge in [0.15, 0.2) is 0 Å². The molecule has 0 aromatic carbocycles. The largest absolute Gasteiger partial charge is 0.459 e. The summed E-state index contributed by atoms with van der Waals surface area (Å²) < 4.78 is 5.38. The van der Waals surface area contributed by atoms with E-state index in [0.29, 0.717) is 6.54 Å². The number of aromatic nitrogens is 1. The van der Waals surface area contributed by atoms with Crippen LogP contribution in [0.3, 0.4) is 0 Å². The highest BCUT2D eigenvalue weighted by molar-refractivity contribution is 7.09. The number of carbonyl (C=O) groups excluding carboxylic acids is 2. The van der Waals surface area contributed by atoms with Crippen molar-refractivity contribution in [2.75, 3.05) is 13.1 Å². The summed E-state index contributed by atoms with van der Waals surface area (Å²) in [5, 5.41) is 2.99. The van der Waals surface area contributed by atoms with Gasteiger partial charge in [0.25, 0.3) is 0 Å². The number of likely N-dealkylation sites (tertiary alicyclic amines) is 1. The zero-order valence-corrected chi connectivity index (χ0v) is 14.3. The lowest BCUT2D eigenvalue weighted by Gasteiger charge is -2.32. The fourth-order valence-corrected chi connectivity index (χ4v) is 3.30. The van der Waals surface area contributed by atoms with E-state index in [9.17, 15) is 9.59 Å². The van der Waals surface area contributed by atoms with Gasteiger partial charge in [-0.3, -0.25) is 9.59 Å². The number of hydrogen-bond donors (Lipinski definition) is 0. The molecule has 0 aliphatic carbocycles. The van der Waals surface area contributed by atoms with Crippen molar-refractivity contribution in [1.29, 1.82) is 0 Å². The van der Waals surface area contributed by atoms with Gasteiger partial charge in [0, 0.05) is 24.4 Å². The van der Waals surface area contributed by atoms with Gasteiger partial charge >= 0.3 is 5.97 Å². The molecule has 122 valence electrons. The highest BCUT2D eigenvalue weighted by Gasteiger charge is 2.30. The second-order valence-corrected chi connectivity index (χ2v) is 6.91. The molecule has 1 amide bonds. The monoisotopic (exact) mass is 324 g/mol. The first-order valence-electron chi connectivity index (χ1n) is 7.90. The molecular weight excluding hydrogens is 300 g/mol. The van der Waals surface area contributed by atoms with Crippen LogP contribution in [0.5, 0.6) is 0 Å². The van der Waals surface area contributed by atoms with E-state index in [2.05, 4.69) is 11.9 Å². The maximum absolute atomic E-state index is 12.2. The van der Waals surface area contributed by atoms with Gasteiger partial charge in [0.05, 0.1) is 16.6 Å². The van der Waals surface area contributed by atoms with E-state index >= 15 is 0 Å². The molecule has 0 bridgehead atoms. The lowest BCUT2D eigenvalue weighted by molar-refractivity contribution is -0.153. The number of hydrogen-bond acceptors (Lipinski definition) is 5. The Bertz CT molecular complexity index is 527. The molecule has 1 atom stereocenters. The van der Waals surface area contributed by atoms with Gasteiger partial charge in [-0.15, -0.1) is 11.3 Å². The van der Waals surface area contributed by atoms with E-state index < -0.39 is 0 Å². The van der Waals surface area contributed by atoms with Gasteiger partial charge in [-0.25, -0.2) is 4.98 Å². The summed E-state index contributed by atoms with van der Waals surface area (Å²) in [5.41, 5.74) is 0.807. The molecule has 0 radical (unpaired) electrons. The van der Waals surface area contributed by atoms with Crippen LogP contribution in [-0.4, -0.2) is 34.8 Å². The first kappa shape index (κ1) is 16.9. The summed E-state index contributed by atoms with van der Waals surface area (Å²) in [6.07, 6.45) is 2.54. The molecule has 6 heteroatoms. The molecule has 0 N–H and O–H groups in total. The topological polar surface area (TPSA) is 59.5 Å². The highest BCUT2D eigenvalue weighted by atomic mass is 32.1. The van der Waals surface area contributed by atoms with Crippen LogP contribution in [0.4, 0.5) is 0 Å². The second kappa shape index (κ2) is 7.72.